The Hall–Kier alpha value is -1.88. The number of carbonyl (C=O) groups excluding carboxylic acids is 1. The maximum atomic E-state index is 12.1. The number of amides is 1. The molecule has 1 aromatic heterocycles. The van der Waals surface area contributed by atoms with Crippen LogP contribution in [0.15, 0.2) is 58.1 Å². The minimum atomic E-state index is -0.0229. The van der Waals surface area contributed by atoms with Crippen molar-refractivity contribution >= 4 is 63.3 Å². The van der Waals surface area contributed by atoms with Gasteiger partial charge in [-0.05, 0) is 36.4 Å². The summed E-state index contributed by atoms with van der Waals surface area (Å²) in [6, 6.07) is 13.5. The number of piperazine rings is 1. The lowest BCUT2D eigenvalue weighted by molar-refractivity contribution is -0.116. The molecule has 1 aromatic carbocycles. The summed E-state index contributed by atoms with van der Waals surface area (Å²) in [4.78, 5) is 25.4. The number of guanidine groups is 1. The highest BCUT2D eigenvalue weighted by molar-refractivity contribution is 14.0. The fourth-order valence-corrected chi connectivity index (χ4v) is 3.33. The fourth-order valence-electron chi connectivity index (χ4n) is 3.06. The van der Waals surface area contributed by atoms with Gasteiger partial charge in [0, 0.05) is 62.5 Å². The van der Waals surface area contributed by atoms with E-state index >= 15 is 0 Å². The first-order valence-corrected chi connectivity index (χ1v) is 10.1. The SMILES string of the molecule is CN=C(NCCC(=O)Nc1ccc(Br)cc1)N1CCN(c2ccccn2)CC1.I. The maximum Gasteiger partial charge on any atom is 0.226 e. The van der Waals surface area contributed by atoms with Crippen molar-refractivity contribution in [3.05, 3.63) is 53.1 Å². The molecule has 7 nitrogen and oxygen atoms in total. The van der Waals surface area contributed by atoms with Gasteiger partial charge in [0.2, 0.25) is 5.91 Å². The van der Waals surface area contributed by atoms with Crippen LogP contribution >= 0.6 is 39.9 Å². The van der Waals surface area contributed by atoms with Gasteiger partial charge in [0.1, 0.15) is 5.82 Å². The molecule has 2 N–H and O–H groups in total. The van der Waals surface area contributed by atoms with Crippen molar-refractivity contribution in [2.45, 2.75) is 6.42 Å². The number of pyridine rings is 1. The number of aliphatic imine (C=N–C) groups is 1. The van der Waals surface area contributed by atoms with E-state index < -0.39 is 0 Å². The average Bonchev–Trinajstić information content (AvgIpc) is 2.74. The Kier molecular flexibility index (Phi) is 9.65. The van der Waals surface area contributed by atoms with E-state index in [1.54, 1.807) is 7.05 Å². The molecule has 9 heteroatoms. The van der Waals surface area contributed by atoms with Crippen LogP contribution in [0.25, 0.3) is 0 Å². The number of hydrogen-bond acceptors (Lipinski definition) is 4. The largest absolute Gasteiger partial charge is 0.356 e. The molecular formula is C20H26BrIN6O. The molecule has 0 radical (unpaired) electrons. The lowest BCUT2D eigenvalue weighted by Gasteiger charge is -2.37. The topological polar surface area (TPSA) is 72.9 Å². The first-order chi connectivity index (χ1) is 13.7. The van der Waals surface area contributed by atoms with Crippen molar-refractivity contribution in [2.24, 2.45) is 4.99 Å². The third kappa shape index (κ3) is 7.14. The van der Waals surface area contributed by atoms with Gasteiger partial charge in [0.05, 0.1) is 0 Å². The highest BCUT2D eigenvalue weighted by atomic mass is 127. The zero-order valence-corrected chi connectivity index (χ0v) is 20.3. The van der Waals surface area contributed by atoms with E-state index in [1.165, 1.54) is 0 Å². The summed E-state index contributed by atoms with van der Waals surface area (Å²) in [5.74, 6) is 1.82. The molecule has 3 rings (SSSR count). The first-order valence-electron chi connectivity index (χ1n) is 9.33. The number of benzene rings is 1. The Morgan fingerprint density at radius 2 is 1.86 bits per heavy atom. The molecular weight excluding hydrogens is 547 g/mol. The van der Waals surface area contributed by atoms with Gasteiger partial charge in [-0.1, -0.05) is 22.0 Å². The van der Waals surface area contributed by atoms with E-state index in [9.17, 15) is 4.79 Å². The van der Waals surface area contributed by atoms with Crippen LogP contribution in [-0.2, 0) is 4.79 Å². The van der Waals surface area contributed by atoms with Crippen LogP contribution in [0.1, 0.15) is 6.42 Å². The summed E-state index contributed by atoms with van der Waals surface area (Å²) in [5, 5.41) is 6.19. The number of anilines is 2. The molecule has 0 saturated carbocycles. The number of halogens is 2. The third-order valence-electron chi connectivity index (χ3n) is 4.53. The number of nitrogens with zero attached hydrogens (tertiary/aromatic N) is 4. The second-order valence-electron chi connectivity index (χ2n) is 6.44. The second kappa shape index (κ2) is 12.0. The molecule has 0 aliphatic carbocycles. The van der Waals surface area contributed by atoms with Crippen LogP contribution in [0, 0.1) is 0 Å². The van der Waals surface area contributed by atoms with Gasteiger partial charge < -0.3 is 20.4 Å². The van der Waals surface area contributed by atoms with E-state index in [0.29, 0.717) is 13.0 Å². The molecule has 1 aliphatic heterocycles. The Morgan fingerprint density at radius 3 is 2.48 bits per heavy atom. The first kappa shape index (κ1) is 23.4. The predicted molar refractivity (Wildman–Crippen MR) is 132 cm³/mol. The lowest BCUT2D eigenvalue weighted by Crippen LogP contribution is -2.53. The van der Waals surface area contributed by atoms with Gasteiger partial charge in [-0.3, -0.25) is 9.79 Å². The molecule has 0 bridgehead atoms. The Labute approximate surface area is 197 Å². The van der Waals surface area contributed by atoms with Gasteiger partial charge in [-0.25, -0.2) is 4.98 Å². The van der Waals surface area contributed by atoms with Crippen molar-refractivity contribution in [3.8, 4) is 0 Å². The molecule has 29 heavy (non-hydrogen) atoms. The molecule has 1 aliphatic rings. The Morgan fingerprint density at radius 1 is 1.14 bits per heavy atom. The molecule has 0 unspecified atom stereocenters. The minimum Gasteiger partial charge on any atom is -0.356 e. The number of hydrogen-bond donors (Lipinski definition) is 2. The van der Waals surface area contributed by atoms with E-state index in [-0.39, 0.29) is 29.9 Å². The Balaban J connectivity index is 0.00000300. The van der Waals surface area contributed by atoms with Crippen molar-refractivity contribution in [3.63, 3.8) is 0 Å². The van der Waals surface area contributed by atoms with Crippen LogP contribution in [0.3, 0.4) is 0 Å². The zero-order chi connectivity index (χ0) is 19.8. The van der Waals surface area contributed by atoms with E-state index in [1.807, 2.05) is 48.7 Å². The van der Waals surface area contributed by atoms with Crippen molar-refractivity contribution in [1.29, 1.82) is 0 Å². The highest BCUT2D eigenvalue weighted by Crippen LogP contribution is 2.14. The quantitative estimate of drug-likeness (QED) is 0.327. The van der Waals surface area contributed by atoms with E-state index in [4.69, 9.17) is 0 Å². The summed E-state index contributed by atoms with van der Waals surface area (Å²) < 4.78 is 0.985. The smallest absolute Gasteiger partial charge is 0.226 e. The molecule has 1 saturated heterocycles. The minimum absolute atomic E-state index is 0. The fraction of sp³-hybridized carbons (Fsp3) is 0.350. The predicted octanol–water partition coefficient (Wildman–Crippen LogP) is 3.19. The van der Waals surface area contributed by atoms with Gasteiger partial charge in [0.25, 0.3) is 0 Å². The molecule has 1 amide bonds. The number of carbonyl (C=O) groups is 1. The lowest BCUT2D eigenvalue weighted by atomic mass is 10.3. The van der Waals surface area contributed by atoms with Crippen molar-refractivity contribution in [2.75, 3.05) is 50.0 Å². The molecule has 156 valence electrons. The third-order valence-corrected chi connectivity index (χ3v) is 5.06. The number of aromatic nitrogens is 1. The van der Waals surface area contributed by atoms with Crippen LogP contribution in [-0.4, -0.2) is 61.5 Å². The highest BCUT2D eigenvalue weighted by Gasteiger charge is 2.20. The van der Waals surface area contributed by atoms with Gasteiger partial charge >= 0.3 is 0 Å². The van der Waals surface area contributed by atoms with Crippen molar-refractivity contribution in [1.82, 2.24) is 15.2 Å². The van der Waals surface area contributed by atoms with Gasteiger partial charge in [0.15, 0.2) is 5.96 Å². The summed E-state index contributed by atoms with van der Waals surface area (Å²) in [5.41, 5.74) is 0.795. The van der Waals surface area contributed by atoms with Crippen LogP contribution in [0.5, 0.6) is 0 Å². The average molecular weight is 573 g/mol. The molecule has 2 heterocycles. The van der Waals surface area contributed by atoms with Gasteiger partial charge in [-0.15, -0.1) is 24.0 Å². The summed E-state index contributed by atoms with van der Waals surface area (Å²) in [7, 11) is 1.77. The molecule has 0 spiro atoms. The monoisotopic (exact) mass is 572 g/mol. The van der Waals surface area contributed by atoms with Crippen LogP contribution in [0.2, 0.25) is 0 Å². The summed E-state index contributed by atoms with van der Waals surface area (Å²) in [6.45, 7) is 4.04. The van der Waals surface area contributed by atoms with Gasteiger partial charge in [-0.2, -0.15) is 0 Å². The number of rotatable bonds is 5. The number of nitrogens with one attached hydrogen (secondary N) is 2. The molecule has 2 aromatic rings. The van der Waals surface area contributed by atoms with E-state index in [0.717, 1.165) is 48.1 Å². The molecule has 0 atom stereocenters. The van der Waals surface area contributed by atoms with Crippen LogP contribution in [0.4, 0.5) is 11.5 Å². The van der Waals surface area contributed by atoms with E-state index in [2.05, 4.69) is 46.3 Å². The summed E-state index contributed by atoms with van der Waals surface area (Å²) in [6.07, 6.45) is 2.20. The van der Waals surface area contributed by atoms with Crippen LogP contribution < -0.4 is 15.5 Å². The Bertz CT molecular complexity index is 794. The summed E-state index contributed by atoms with van der Waals surface area (Å²) >= 11 is 3.39. The normalized spacial score (nSPS) is 14.2. The second-order valence-corrected chi connectivity index (χ2v) is 7.36. The zero-order valence-electron chi connectivity index (χ0n) is 16.3. The standard InChI is InChI=1S/C20H25BrN6O.HI/c1-22-20(24-11-9-19(28)25-17-7-5-16(21)6-8-17)27-14-12-26(13-15-27)18-4-2-3-10-23-18;/h2-8,10H,9,11-15H2,1H3,(H,22,24)(H,25,28);1H. The maximum absolute atomic E-state index is 12.1. The molecule has 1 fully saturated rings. The van der Waals surface area contributed by atoms with Crippen molar-refractivity contribution < 1.29 is 4.79 Å².